The molecule has 5 nitrogen and oxygen atoms in total. The van der Waals surface area contributed by atoms with Gasteiger partial charge in [-0.3, -0.25) is 4.79 Å². The van der Waals surface area contributed by atoms with Crippen LogP contribution in [0.2, 0.25) is 0 Å². The first kappa shape index (κ1) is 36.5. The molecule has 2 aliphatic rings. The van der Waals surface area contributed by atoms with E-state index in [1.165, 1.54) is 34.5 Å². The van der Waals surface area contributed by atoms with Crippen molar-refractivity contribution in [3.05, 3.63) is 0 Å². The summed E-state index contributed by atoms with van der Waals surface area (Å²) in [5.74, 6) is 9.69. The molecular weight excluding hydrogens is 944 g/mol. The molecule has 0 aromatic rings. The van der Waals surface area contributed by atoms with Gasteiger partial charge in [-0.1, -0.05) is 0 Å². The van der Waals surface area contributed by atoms with E-state index < -0.39 is 59.6 Å². The summed E-state index contributed by atoms with van der Waals surface area (Å²) in [6, 6.07) is 0. The van der Waals surface area contributed by atoms with Crippen molar-refractivity contribution in [3.63, 3.8) is 0 Å². The van der Waals surface area contributed by atoms with E-state index in [2.05, 4.69) is 78.4 Å². The second kappa shape index (κ2) is 33.1. The Balaban J connectivity index is -0.000000369. The first-order valence-electron chi connectivity index (χ1n) is 6.94. The molecule has 0 atom stereocenters. The van der Waals surface area contributed by atoms with Crippen molar-refractivity contribution in [3.8, 4) is 0 Å². The van der Waals surface area contributed by atoms with E-state index in [9.17, 15) is 0 Å². The average molecular weight is 966 g/mol. The normalized spacial score (nSPS) is 15.4. The van der Waals surface area contributed by atoms with Crippen LogP contribution < -0.4 is 0 Å². The monoisotopic (exact) mass is 962 g/mol. The van der Waals surface area contributed by atoms with Crippen LogP contribution in [0.4, 0.5) is 0 Å². The van der Waals surface area contributed by atoms with Crippen LogP contribution in [0, 0.1) is 0 Å². The van der Waals surface area contributed by atoms with Gasteiger partial charge in [-0.25, -0.2) is 0 Å². The van der Waals surface area contributed by atoms with E-state index in [1.807, 2.05) is 0 Å². The van der Waals surface area contributed by atoms with Crippen LogP contribution in [0.1, 0.15) is 6.92 Å². The summed E-state index contributed by atoms with van der Waals surface area (Å²) in [6.45, 7) is 1.08. The summed E-state index contributed by atoms with van der Waals surface area (Å²) in [4.78, 5) is 9.00. The summed E-state index contributed by atoms with van der Waals surface area (Å²) < 4.78 is 25.4. The molecular formula is C10H22O5S8Sb4. The van der Waals surface area contributed by atoms with Crippen molar-refractivity contribution in [2.24, 2.45) is 0 Å². The standard InChI is InChI=1S/C2H4O2.4C2H6S2.3O.4Sb/c1-2(3)4;4*3-1-2-4;;;;;;;/h1H3,(H,3,4);4*3-4H,1-2H2;;;;;;;/q;;;;;;;;;;2*+3/p-6. The van der Waals surface area contributed by atoms with Gasteiger partial charge in [0.15, 0.2) is 0 Å². The Kier molecular flexibility index (Phi) is 44.8. The molecule has 0 saturated carbocycles. The summed E-state index contributed by atoms with van der Waals surface area (Å²) in [5, 5.41) is 7.42. The van der Waals surface area contributed by atoms with Crippen LogP contribution >= 0.6 is 78.4 Å². The topological polar surface area (TPSA) is 88.5 Å². The number of hydrogen-bond donors (Lipinski definition) is 3. The van der Waals surface area contributed by atoms with Gasteiger partial charge in [0, 0.05) is 6.92 Å². The van der Waals surface area contributed by atoms with Crippen molar-refractivity contribution in [2.45, 2.75) is 6.92 Å². The molecule has 2 saturated heterocycles. The van der Waals surface area contributed by atoms with Gasteiger partial charge < -0.3 is 5.11 Å². The van der Waals surface area contributed by atoms with Gasteiger partial charge in [0.2, 0.25) is 0 Å². The number of hydrogen-bond acceptors (Lipinski definition) is 12. The maximum absolute atomic E-state index is 9.00. The van der Waals surface area contributed by atoms with E-state index in [4.69, 9.17) is 19.0 Å². The minimum atomic E-state index is -2.15. The molecule has 0 aromatic heterocycles. The fourth-order valence-corrected chi connectivity index (χ4v) is 54.0. The van der Waals surface area contributed by atoms with E-state index in [0.717, 1.165) is 18.4 Å². The molecule has 0 spiro atoms. The number of carbonyl (C=O) groups is 1. The van der Waals surface area contributed by atoms with E-state index in [1.54, 1.807) is 0 Å². The Hall–Kier alpha value is 4.94. The van der Waals surface area contributed by atoms with Crippen molar-refractivity contribution < 1.29 is 19.0 Å². The Bertz CT molecular complexity index is 334. The summed E-state index contributed by atoms with van der Waals surface area (Å²) >= 11 is 4.42. The van der Waals surface area contributed by atoms with Gasteiger partial charge in [-0.05, 0) is 11.5 Å². The Labute approximate surface area is 228 Å². The third-order valence-electron chi connectivity index (χ3n) is 1.53. The van der Waals surface area contributed by atoms with Gasteiger partial charge in [0.1, 0.15) is 0 Å². The van der Waals surface area contributed by atoms with Gasteiger partial charge in [0.05, 0.1) is 0 Å². The van der Waals surface area contributed by atoms with Crippen LogP contribution in [0.3, 0.4) is 0 Å². The third-order valence-corrected chi connectivity index (χ3v) is 52.4. The minimum absolute atomic E-state index is 0.500. The molecule has 2 aliphatic heterocycles. The second-order valence-electron chi connectivity index (χ2n) is 3.49. The molecule has 17 heteroatoms. The van der Waals surface area contributed by atoms with Crippen LogP contribution in [-0.2, 0) is 13.8 Å². The van der Waals surface area contributed by atoms with Crippen molar-refractivity contribution in [2.75, 3.05) is 46.0 Å². The van der Waals surface area contributed by atoms with Crippen LogP contribution in [0.5, 0.6) is 0 Å². The van der Waals surface area contributed by atoms with Gasteiger partial charge in [-0.2, -0.15) is 25.3 Å². The molecule has 0 amide bonds. The second-order valence-corrected chi connectivity index (χ2v) is 48.6. The van der Waals surface area contributed by atoms with E-state index in [-0.39, 0.29) is 0 Å². The fourth-order valence-electron chi connectivity index (χ4n) is 0.894. The zero-order valence-electron chi connectivity index (χ0n) is 14.4. The quantitative estimate of drug-likeness (QED) is 0.209. The van der Waals surface area contributed by atoms with Gasteiger partial charge in [-0.15, -0.1) is 0 Å². The average Bonchev–Trinajstić information content (AvgIpc) is 3.35. The zero-order chi connectivity index (χ0) is 21.3. The van der Waals surface area contributed by atoms with Crippen molar-refractivity contribution in [1.29, 1.82) is 0 Å². The Morgan fingerprint density at radius 1 is 0.963 bits per heavy atom. The van der Waals surface area contributed by atoms with Crippen LogP contribution in [-0.4, -0.2) is 134 Å². The molecule has 160 valence electrons. The van der Waals surface area contributed by atoms with Crippen molar-refractivity contribution >= 4 is 161 Å². The molecule has 2 rings (SSSR count). The number of aliphatic carboxylic acids is 1. The molecule has 1 N–H and O–H groups in total. The summed E-state index contributed by atoms with van der Waals surface area (Å²) in [6.07, 6.45) is 0. The SMILES string of the molecule is C1C[S][Sb]([S]CC[S][Sb]2[S]CC[S]2)[S]1.CC(=O)O.SCCS.[O]=[Sb].[O]=[Sb]=[O]. The molecule has 0 aromatic carbocycles. The van der Waals surface area contributed by atoms with Crippen LogP contribution in [0.15, 0.2) is 0 Å². The molecule has 0 bridgehead atoms. The fraction of sp³-hybridized carbons (Fsp3) is 0.900. The van der Waals surface area contributed by atoms with Crippen LogP contribution in [0.25, 0.3) is 0 Å². The van der Waals surface area contributed by atoms with Gasteiger partial charge in [0.25, 0.3) is 5.97 Å². The molecule has 2 fully saturated rings. The first-order chi connectivity index (χ1) is 13.0. The Morgan fingerprint density at radius 3 is 1.37 bits per heavy atom. The number of thiol groups is 2. The molecule has 27 heavy (non-hydrogen) atoms. The van der Waals surface area contributed by atoms with E-state index in [0.29, 0.717) is 23.0 Å². The number of carboxylic acids is 1. The van der Waals surface area contributed by atoms with Gasteiger partial charge >= 0.3 is 173 Å². The Morgan fingerprint density at radius 2 is 1.19 bits per heavy atom. The molecule has 0 aliphatic carbocycles. The zero-order valence-corrected chi connectivity index (χ0v) is 31.3. The first-order valence-corrected chi connectivity index (χ1v) is 35.7. The van der Waals surface area contributed by atoms with Crippen molar-refractivity contribution in [1.82, 2.24) is 0 Å². The third kappa shape index (κ3) is 35.7. The molecule has 2 heterocycles. The molecule has 2 radical (unpaired) electrons. The predicted molar refractivity (Wildman–Crippen MR) is 141 cm³/mol. The summed E-state index contributed by atoms with van der Waals surface area (Å²) in [5.41, 5.74) is 0. The summed E-state index contributed by atoms with van der Waals surface area (Å²) in [7, 11) is 14.1. The number of carboxylic acid groups (broad SMARTS) is 1. The molecule has 0 unspecified atom stereocenters. The van der Waals surface area contributed by atoms with E-state index >= 15 is 0 Å². The number of rotatable bonds is 6. The predicted octanol–water partition coefficient (Wildman–Crippen LogP) is 3.20. The maximum atomic E-state index is 9.00.